The summed E-state index contributed by atoms with van der Waals surface area (Å²) >= 11 is 5.24. The number of aliphatic carboxylic acids is 1. The van der Waals surface area contributed by atoms with Crippen LogP contribution in [0.5, 0.6) is 0 Å². The molecule has 0 aliphatic carbocycles. The van der Waals surface area contributed by atoms with E-state index in [4.69, 9.17) is 17.3 Å². The summed E-state index contributed by atoms with van der Waals surface area (Å²) in [7, 11) is -3.10. The molecule has 1 aliphatic rings. The second-order valence-electron chi connectivity index (χ2n) is 4.87. The van der Waals surface area contributed by atoms with Gasteiger partial charge in [-0.15, -0.1) is 0 Å². The Labute approximate surface area is 128 Å². The van der Waals surface area contributed by atoms with E-state index in [1.54, 1.807) is 12.1 Å². The summed E-state index contributed by atoms with van der Waals surface area (Å²) in [6.07, 6.45) is 0.395. The second-order valence-corrected chi connectivity index (χ2v) is 7.49. The molecule has 1 atom stereocenters. The van der Waals surface area contributed by atoms with Crippen LogP contribution in [0, 0.1) is 0 Å². The van der Waals surface area contributed by atoms with E-state index in [1.165, 1.54) is 4.90 Å². The quantitative estimate of drug-likeness (QED) is 0.796. The number of rotatable bonds is 4. The maximum absolute atomic E-state index is 11.6. The maximum Gasteiger partial charge on any atom is 0.323 e. The molecule has 114 valence electrons. The number of sulfone groups is 1. The summed E-state index contributed by atoms with van der Waals surface area (Å²) in [4.78, 5) is 12.4. The van der Waals surface area contributed by atoms with Crippen LogP contribution in [-0.4, -0.2) is 53.6 Å². The normalized spacial score (nSPS) is 19.9. The number of nitrogens with zero attached hydrogens (tertiary/aromatic N) is 1. The Balaban J connectivity index is 2.12. The molecule has 1 heterocycles. The minimum atomic E-state index is -3.10. The number of carboxylic acids is 1. The van der Waals surface area contributed by atoms with Gasteiger partial charge in [-0.3, -0.25) is 4.79 Å². The van der Waals surface area contributed by atoms with Crippen molar-refractivity contribution in [2.75, 3.05) is 23.4 Å². The highest BCUT2D eigenvalue weighted by Crippen LogP contribution is 2.19. The average molecular weight is 328 g/mol. The lowest BCUT2D eigenvalue weighted by molar-refractivity contribution is -0.137. The molecule has 8 heteroatoms. The zero-order valence-electron chi connectivity index (χ0n) is 11.2. The lowest BCUT2D eigenvalue weighted by Gasteiger charge is -2.29. The highest BCUT2D eigenvalue weighted by Gasteiger charge is 2.34. The van der Waals surface area contributed by atoms with Gasteiger partial charge < -0.3 is 15.3 Å². The number of benzene rings is 1. The zero-order chi connectivity index (χ0) is 15.5. The first kappa shape index (κ1) is 15.7. The van der Waals surface area contributed by atoms with E-state index in [1.807, 2.05) is 18.2 Å². The van der Waals surface area contributed by atoms with Crippen molar-refractivity contribution < 1.29 is 18.3 Å². The summed E-state index contributed by atoms with van der Waals surface area (Å²) in [5, 5.41) is 12.2. The van der Waals surface area contributed by atoms with Crippen LogP contribution in [0.4, 0.5) is 5.69 Å². The Kier molecular flexibility index (Phi) is 4.79. The molecular formula is C13H16N2O4S2. The minimum absolute atomic E-state index is 0.0586. The lowest BCUT2D eigenvalue weighted by Crippen LogP contribution is -2.46. The van der Waals surface area contributed by atoms with Crippen LogP contribution in [-0.2, 0) is 14.6 Å². The summed E-state index contributed by atoms with van der Waals surface area (Å²) in [6.45, 7) is -0.321. The van der Waals surface area contributed by atoms with E-state index < -0.39 is 21.8 Å². The molecule has 1 aliphatic heterocycles. The van der Waals surface area contributed by atoms with Gasteiger partial charge in [0.2, 0.25) is 0 Å². The van der Waals surface area contributed by atoms with Crippen LogP contribution in [0.2, 0.25) is 0 Å². The fourth-order valence-electron chi connectivity index (χ4n) is 2.25. The zero-order valence-corrected chi connectivity index (χ0v) is 12.9. The molecule has 0 bridgehead atoms. The average Bonchev–Trinajstić information content (AvgIpc) is 2.77. The van der Waals surface area contributed by atoms with Crippen LogP contribution in [0.3, 0.4) is 0 Å². The monoisotopic (exact) mass is 328 g/mol. The first-order chi connectivity index (χ1) is 9.87. The number of carbonyl (C=O) groups is 1. The molecule has 0 aromatic heterocycles. The van der Waals surface area contributed by atoms with Crippen LogP contribution in [0.15, 0.2) is 30.3 Å². The molecule has 0 radical (unpaired) electrons. The number of hydrogen-bond donors (Lipinski definition) is 2. The third kappa shape index (κ3) is 4.40. The predicted molar refractivity (Wildman–Crippen MR) is 84.1 cm³/mol. The van der Waals surface area contributed by atoms with Gasteiger partial charge in [0.1, 0.15) is 6.54 Å². The minimum Gasteiger partial charge on any atom is -0.480 e. The summed E-state index contributed by atoms with van der Waals surface area (Å²) in [6, 6.07) is 8.72. The van der Waals surface area contributed by atoms with Crippen LogP contribution < -0.4 is 5.32 Å². The number of para-hydroxylation sites is 1. The van der Waals surface area contributed by atoms with Crippen LogP contribution >= 0.6 is 12.2 Å². The number of thiocarbonyl (C=S) groups is 1. The van der Waals surface area contributed by atoms with E-state index in [0.717, 1.165) is 5.69 Å². The van der Waals surface area contributed by atoms with E-state index in [-0.39, 0.29) is 23.2 Å². The standard InChI is InChI=1S/C13H16N2O4S2/c16-12(17)8-15(11-6-7-21(18,19)9-11)13(20)14-10-4-2-1-3-5-10/h1-5,11H,6-9H2,(H,14,20)(H,16,17)/t11-/m0/s1. The Morgan fingerprint density at radius 2 is 2.05 bits per heavy atom. The Bertz CT molecular complexity index is 631. The smallest absolute Gasteiger partial charge is 0.323 e. The van der Waals surface area contributed by atoms with Gasteiger partial charge in [-0.25, -0.2) is 8.42 Å². The molecule has 0 unspecified atom stereocenters. The van der Waals surface area contributed by atoms with Crippen molar-refractivity contribution in [1.82, 2.24) is 4.90 Å². The number of anilines is 1. The van der Waals surface area contributed by atoms with E-state index in [9.17, 15) is 13.2 Å². The fraction of sp³-hybridized carbons (Fsp3) is 0.385. The Morgan fingerprint density at radius 1 is 1.38 bits per heavy atom. The second kappa shape index (κ2) is 6.40. The van der Waals surface area contributed by atoms with Crippen LogP contribution in [0.25, 0.3) is 0 Å². The van der Waals surface area contributed by atoms with E-state index >= 15 is 0 Å². The first-order valence-electron chi connectivity index (χ1n) is 6.42. The SMILES string of the molecule is O=C(O)CN(C(=S)Nc1ccccc1)[C@H]1CCS(=O)(=O)C1. The summed E-state index contributed by atoms with van der Waals surface area (Å²) in [5.74, 6) is -1.03. The summed E-state index contributed by atoms with van der Waals surface area (Å²) < 4.78 is 23.1. The molecule has 21 heavy (non-hydrogen) atoms. The number of carboxylic acid groups (broad SMARTS) is 1. The van der Waals surface area contributed by atoms with Gasteiger partial charge in [-0.05, 0) is 30.8 Å². The number of hydrogen-bond acceptors (Lipinski definition) is 4. The van der Waals surface area contributed by atoms with Crippen molar-refractivity contribution in [2.24, 2.45) is 0 Å². The largest absolute Gasteiger partial charge is 0.480 e. The molecule has 6 nitrogen and oxygen atoms in total. The van der Waals surface area contributed by atoms with Gasteiger partial charge in [-0.1, -0.05) is 18.2 Å². The molecule has 1 aromatic carbocycles. The molecule has 2 N–H and O–H groups in total. The molecule has 1 saturated heterocycles. The van der Waals surface area contributed by atoms with Gasteiger partial charge >= 0.3 is 5.97 Å². The predicted octanol–water partition coefficient (Wildman–Crippen LogP) is 0.957. The summed E-state index contributed by atoms with van der Waals surface area (Å²) in [5.41, 5.74) is 0.735. The van der Waals surface area contributed by atoms with Crippen molar-refractivity contribution in [3.63, 3.8) is 0 Å². The third-order valence-electron chi connectivity index (χ3n) is 3.24. The van der Waals surface area contributed by atoms with Crippen molar-refractivity contribution in [2.45, 2.75) is 12.5 Å². The van der Waals surface area contributed by atoms with Gasteiger partial charge in [0, 0.05) is 11.7 Å². The van der Waals surface area contributed by atoms with Gasteiger partial charge in [0.05, 0.1) is 11.5 Å². The molecule has 0 amide bonds. The van der Waals surface area contributed by atoms with Crippen molar-refractivity contribution in [3.8, 4) is 0 Å². The number of nitrogens with one attached hydrogen (secondary N) is 1. The maximum atomic E-state index is 11.6. The van der Waals surface area contributed by atoms with Crippen molar-refractivity contribution in [1.29, 1.82) is 0 Å². The Hall–Kier alpha value is -1.67. The topological polar surface area (TPSA) is 86.7 Å². The van der Waals surface area contributed by atoms with E-state index in [2.05, 4.69) is 5.32 Å². The van der Waals surface area contributed by atoms with Crippen LogP contribution in [0.1, 0.15) is 6.42 Å². The highest BCUT2D eigenvalue weighted by molar-refractivity contribution is 7.91. The fourth-order valence-corrected chi connectivity index (χ4v) is 4.31. The molecule has 2 rings (SSSR count). The molecular weight excluding hydrogens is 312 g/mol. The van der Waals surface area contributed by atoms with E-state index in [0.29, 0.717) is 6.42 Å². The van der Waals surface area contributed by atoms with Gasteiger partial charge in [-0.2, -0.15) is 0 Å². The van der Waals surface area contributed by atoms with Gasteiger partial charge in [0.25, 0.3) is 0 Å². The van der Waals surface area contributed by atoms with Crippen molar-refractivity contribution >= 4 is 38.8 Å². The lowest BCUT2D eigenvalue weighted by atomic mass is 10.2. The molecule has 0 saturated carbocycles. The van der Waals surface area contributed by atoms with Gasteiger partial charge in [0.15, 0.2) is 14.9 Å². The molecule has 0 spiro atoms. The first-order valence-corrected chi connectivity index (χ1v) is 8.65. The van der Waals surface area contributed by atoms with Crippen molar-refractivity contribution in [3.05, 3.63) is 30.3 Å². The third-order valence-corrected chi connectivity index (χ3v) is 5.33. The highest BCUT2D eigenvalue weighted by atomic mass is 32.2. The molecule has 1 aromatic rings. The molecule has 1 fully saturated rings. The Morgan fingerprint density at radius 3 is 2.57 bits per heavy atom.